The van der Waals surface area contributed by atoms with Crippen LogP contribution in [0.15, 0.2) is 85.1 Å². The first kappa shape index (κ1) is 33.6. The molecular weight excluding hydrogens is 626 g/mol. The Hall–Kier alpha value is -5.33. The van der Waals surface area contributed by atoms with Gasteiger partial charge in [0.1, 0.15) is 5.75 Å². The van der Waals surface area contributed by atoms with Crippen molar-refractivity contribution in [2.24, 2.45) is 5.92 Å². The van der Waals surface area contributed by atoms with Crippen LogP contribution in [0.25, 0.3) is 0 Å². The van der Waals surface area contributed by atoms with Gasteiger partial charge in [-0.1, -0.05) is 48.6 Å². The summed E-state index contributed by atoms with van der Waals surface area (Å²) in [7, 11) is 1.34. The number of methoxy groups -OCH3 is 1. The van der Waals surface area contributed by atoms with Crippen LogP contribution in [0, 0.1) is 5.92 Å². The largest absolute Gasteiger partial charge is 0.469 e. The van der Waals surface area contributed by atoms with Crippen LogP contribution in [0.5, 0.6) is 11.5 Å². The quantitative estimate of drug-likeness (QED) is 0.114. The van der Waals surface area contributed by atoms with Crippen LogP contribution in [0.1, 0.15) is 54.2 Å². The third kappa shape index (κ3) is 6.57. The van der Waals surface area contributed by atoms with Crippen LogP contribution < -0.4 is 14.5 Å². The number of aliphatic hydroxyl groups is 2. The van der Waals surface area contributed by atoms with Crippen molar-refractivity contribution in [2.75, 3.05) is 30.1 Å². The van der Waals surface area contributed by atoms with Gasteiger partial charge in [-0.2, -0.15) is 0 Å². The van der Waals surface area contributed by atoms with Crippen molar-refractivity contribution < 1.29 is 34.1 Å². The van der Waals surface area contributed by atoms with Crippen LogP contribution in [-0.2, 0) is 32.9 Å². The van der Waals surface area contributed by atoms with Crippen molar-refractivity contribution in [1.29, 1.82) is 0 Å². The summed E-state index contributed by atoms with van der Waals surface area (Å²) in [4.78, 5) is 43.2. The highest BCUT2D eigenvalue weighted by molar-refractivity contribution is 6.15. The fourth-order valence-corrected chi connectivity index (χ4v) is 6.33. The number of esters is 1. The molecule has 12 heteroatoms. The van der Waals surface area contributed by atoms with Gasteiger partial charge in [0.15, 0.2) is 11.4 Å². The summed E-state index contributed by atoms with van der Waals surface area (Å²) in [6.45, 7) is 2.60. The van der Waals surface area contributed by atoms with Crippen LogP contribution >= 0.6 is 0 Å². The van der Waals surface area contributed by atoms with Gasteiger partial charge in [-0.25, -0.2) is 0 Å². The fourth-order valence-electron chi connectivity index (χ4n) is 6.33. The lowest BCUT2D eigenvalue weighted by molar-refractivity contribution is -0.140. The monoisotopic (exact) mass is 665 g/mol. The number of aliphatic hydroxyl groups excluding tert-OH is 1. The molecule has 2 N–H and O–H groups in total. The summed E-state index contributed by atoms with van der Waals surface area (Å²) in [5, 5.41) is 29.7. The zero-order chi connectivity index (χ0) is 34.5. The molecule has 0 aliphatic carbocycles. The number of para-hydroxylation sites is 3. The second-order valence-corrected chi connectivity index (χ2v) is 12.1. The molecule has 3 heterocycles. The number of hydrogen-bond donors (Lipinski definition) is 2. The molecule has 2 amide bonds. The molecule has 2 aliphatic heterocycles. The van der Waals surface area contributed by atoms with Crippen LogP contribution in [0.2, 0.25) is 0 Å². The van der Waals surface area contributed by atoms with Crippen LogP contribution in [0.3, 0.4) is 0 Å². The number of amides is 2. The number of benzene rings is 3. The molecular formula is C37H39N5O7. The molecule has 3 aromatic carbocycles. The highest BCUT2D eigenvalue weighted by Crippen LogP contribution is 2.49. The SMILES string of the molecule is COC(=O)CCCCN1C(=O)[C@](O)([C@H](C)/C=C/CCn2cc(CCO)nn2)c2cc(N3C(=O)c4ccccc4Oc4ccccc43)ccc21. The van der Waals surface area contributed by atoms with Gasteiger partial charge in [0.05, 0.1) is 29.7 Å². The van der Waals surface area contributed by atoms with Crippen molar-refractivity contribution in [3.05, 3.63) is 102 Å². The first-order valence-electron chi connectivity index (χ1n) is 16.4. The molecule has 2 aliphatic rings. The van der Waals surface area contributed by atoms with Gasteiger partial charge in [-0.05, 0) is 61.7 Å². The number of rotatable bonds is 13. The average molecular weight is 666 g/mol. The standard InChI is InChI=1S/C37H39N5O7/c1-25(11-7-9-20-40-24-26(19-22-43)38-39-40)37(47)29-23-27(17-18-30(29)41(36(37)46)21-10-8-16-34(44)48-2)42-31-13-4-6-15-33(31)49-32-14-5-3-12-28(32)35(42)45/h3-7,11-15,17-18,23-25,43,47H,8-10,16,19-22H2,1-2H3/b11-7+/t25-,37+/m1/s1. The first-order chi connectivity index (χ1) is 23.8. The number of aryl methyl sites for hydroxylation is 1. The molecule has 1 aromatic heterocycles. The number of unbranched alkanes of at least 4 members (excludes halogenated alkanes) is 1. The minimum atomic E-state index is -1.94. The van der Waals surface area contributed by atoms with Gasteiger partial charge in [0.2, 0.25) is 0 Å². The highest BCUT2D eigenvalue weighted by Gasteiger charge is 2.52. The van der Waals surface area contributed by atoms with Crippen molar-refractivity contribution >= 4 is 34.8 Å². The summed E-state index contributed by atoms with van der Waals surface area (Å²) in [6, 6.07) is 19.5. The molecule has 4 aromatic rings. The Bertz CT molecular complexity index is 1890. The van der Waals surface area contributed by atoms with E-state index in [0.717, 1.165) is 0 Å². The summed E-state index contributed by atoms with van der Waals surface area (Å²) >= 11 is 0. The Morgan fingerprint density at radius 3 is 2.59 bits per heavy atom. The maximum atomic E-state index is 14.2. The lowest BCUT2D eigenvalue weighted by atomic mass is 9.82. The van der Waals surface area contributed by atoms with Crippen LogP contribution in [0.4, 0.5) is 17.1 Å². The summed E-state index contributed by atoms with van der Waals surface area (Å²) in [5.74, 6) is -0.829. The van der Waals surface area contributed by atoms with Crippen molar-refractivity contribution in [1.82, 2.24) is 15.0 Å². The van der Waals surface area contributed by atoms with Gasteiger partial charge in [0, 0.05) is 55.9 Å². The zero-order valence-electron chi connectivity index (χ0n) is 27.5. The Labute approximate surface area is 284 Å². The average Bonchev–Trinajstić information content (AvgIpc) is 3.61. The normalized spacial score (nSPS) is 17.4. The topological polar surface area (TPSA) is 147 Å². The third-order valence-corrected chi connectivity index (χ3v) is 8.96. The van der Waals surface area contributed by atoms with E-state index in [1.54, 1.807) is 82.2 Å². The lowest BCUT2D eigenvalue weighted by Crippen LogP contribution is -2.44. The van der Waals surface area contributed by atoms with Crippen molar-refractivity contribution in [3.63, 3.8) is 0 Å². The van der Waals surface area contributed by atoms with Gasteiger partial charge in [-0.15, -0.1) is 5.10 Å². The van der Waals surface area contributed by atoms with E-state index in [9.17, 15) is 19.5 Å². The predicted molar refractivity (Wildman–Crippen MR) is 182 cm³/mol. The Morgan fingerprint density at radius 2 is 1.80 bits per heavy atom. The number of ether oxygens (including phenoxy) is 2. The summed E-state index contributed by atoms with van der Waals surface area (Å²) < 4.78 is 12.6. The molecule has 2 atom stereocenters. The Balaban J connectivity index is 1.34. The molecule has 0 fully saturated rings. The molecule has 0 saturated carbocycles. The van der Waals surface area contributed by atoms with Crippen molar-refractivity contribution in [2.45, 2.75) is 51.2 Å². The number of allylic oxidation sites excluding steroid dienone is 1. The summed E-state index contributed by atoms with van der Waals surface area (Å²) in [5.41, 5.74) is 1.06. The maximum absolute atomic E-state index is 14.2. The number of carbonyl (C=O) groups excluding carboxylic acids is 3. The highest BCUT2D eigenvalue weighted by atomic mass is 16.5. The Morgan fingerprint density at radius 1 is 1.02 bits per heavy atom. The number of aromatic nitrogens is 3. The second-order valence-electron chi connectivity index (χ2n) is 12.1. The van der Waals surface area contributed by atoms with E-state index in [0.29, 0.717) is 77.6 Å². The van der Waals surface area contributed by atoms with E-state index >= 15 is 0 Å². The minimum absolute atomic E-state index is 0.00624. The van der Waals surface area contributed by atoms with Crippen LogP contribution in [-0.4, -0.2) is 63.3 Å². The van der Waals surface area contributed by atoms with E-state index in [2.05, 4.69) is 10.3 Å². The number of nitrogens with zero attached hydrogens (tertiary/aromatic N) is 5. The molecule has 0 spiro atoms. The van der Waals surface area contributed by atoms with Gasteiger partial charge in [0.25, 0.3) is 11.8 Å². The van der Waals surface area contributed by atoms with E-state index in [4.69, 9.17) is 14.6 Å². The zero-order valence-corrected chi connectivity index (χ0v) is 27.5. The third-order valence-electron chi connectivity index (χ3n) is 8.96. The Kier molecular flexibility index (Phi) is 9.88. The molecule has 254 valence electrons. The number of carbonyl (C=O) groups is 3. The second kappa shape index (κ2) is 14.4. The van der Waals surface area contributed by atoms with E-state index in [1.165, 1.54) is 7.11 Å². The smallest absolute Gasteiger partial charge is 0.305 e. The van der Waals surface area contributed by atoms with E-state index in [-0.39, 0.29) is 31.4 Å². The van der Waals surface area contributed by atoms with E-state index in [1.807, 2.05) is 24.3 Å². The van der Waals surface area contributed by atoms with Crippen molar-refractivity contribution in [3.8, 4) is 11.5 Å². The number of hydrogen-bond acceptors (Lipinski definition) is 9. The lowest BCUT2D eigenvalue weighted by Gasteiger charge is -2.28. The summed E-state index contributed by atoms with van der Waals surface area (Å²) in [6.07, 6.45) is 7.75. The molecule has 12 nitrogen and oxygen atoms in total. The number of anilines is 3. The fraction of sp³-hybridized carbons (Fsp3) is 0.324. The van der Waals surface area contributed by atoms with E-state index < -0.39 is 17.4 Å². The van der Waals surface area contributed by atoms with Gasteiger partial charge < -0.3 is 24.6 Å². The molecule has 6 rings (SSSR count). The predicted octanol–water partition coefficient (Wildman–Crippen LogP) is 5.06. The van der Waals surface area contributed by atoms with Gasteiger partial charge >= 0.3 is 5.97 Å². The molecule has 0 radical (unpaired) electrons. The molecule has 0 saturated heterocycles. The molecule has 49 heavy (non-hydrogen) atoms. The van der Waals surface area contributed by atoms with Gasteiger partial charge in [-0.3, -0.25) is 24.0 Å². The molecule has 0 unspecified atom stereocenters. The molecule has 0 bridgehead atoms. The number of fused-ring (bicyclic) bond motifs is 3. The maximum Gasteiger partial charge on any atom is 0.305 e. The first-order valence-corrected chi connectivity index (χ1v) is 16.4. The minimum Gasteiger partial charge on any atom is -0.469 e.